The molecule has 0 spiro atoms. The second-order valence-corrected chi connectivity index (χ2v) is 4.96. The number of likely N-dealkylation sites (tertiary alicyclic amines) is 1. The largest absolute Gasteiger partial charge is 0.369 e. The van der Waals surface area contributed by atoms with Crippen LogP contribution in [0.3, 0.4) is 0 Å². The van der Waals surface area contributed by atoms with Gasteiger partial charge in [-0.15, -0.1) is 0 Å². The minimum absolute atomic E-state index is 0.522. The Hall–Kier alpha value is -0.930. The molecule has 1 heterocycles. The molecule has 1 saturated heterocycles. The van der Waals surface area contributed by atoms with Crippen molar-refractivity contribution in [3.63, 3.8) is 0 Å². The number of aliphatic imine (C=N–C) groups is 1. The summed E-state index contributed by atoms with van der Waals surface area (Å²) in [7, 11) is 0. The molecule has 1 fully saturated rings. The summed E-state index contributed by atoms with van der Waals surface area (Å²) in [6.07, 6.45) is 3.60. The molecule has 3 nitrogen and oxygen atoms in total. The zero-order valence-corrected chi connectivity index (χ0v) is 11.0. The fourth-order valence-corrected chi connectivity index (χ4v) is 2.21. The van der Waals surface area contributed by atoms with Crippen LogP contribution in [0, 0.1) is 0 Å². The van der Waals surface area contributed by atoms with Crippen molar-refractivity contribution in [2.75, 3.05) is 13.1 Å². The Morgan fingerprint density at radius 2 is 1.88 bits per heavy atom. The number of benzene rings is 1. The number of guanidine groups is 1. The van der Waals surface area contributed by atoms with Crippen LogP contribution in [0.2, 0.25) is 10.0 Å². The Balaban J connectivity index is 2.19. The lowest BCUT2D eigenvalue weighted by molar-refractivity contribution is 0.339. The van der Waals surface area contributed by atoms with Gasteiger partial charge in [0.2, 0.25) is 0 Å². The third kappa shape index (κ3) is 3.27. The first-order chi connectivity index (χ1) is 8.16. The van der Waals surface area contributed by atoms with Gasteiger partial charge in [-0.25, -0.2) is 4.99 Å². The van der Waals surface area contributed by atoms with Crippen molar-refractivity contribution in [1.82, 2.24) is 4.90 Å². The van der Waals surface area contributed by atoms with E-state index in [0.717, 1.165) is 13.1 Å². The van der Waals surface area contributed by atoms with Crippen molar-refractivity contribution in [3.05, 3.63) is 28.2 Å². The molecule has 0 bridgehead atoms. The van der Waals surface area contributed by atoms with E-state index in [9.17, 15) is 0 Å². The summed E-state index contributed by atoms with van der Waals surface area (Å²) < 4.78 is 0. The van der Waals surface area contributed by atoms with Gasteiger partial charge < -0.3 is 10.6 Å². The number of halogens is 2. The number of hydrogen-bond donors (Lipinski definition) is 1. The van der Waals surface area contributed by atoms with Crippen LogP contribution in [-0.4, -0.2) is 23.9 Å². The van der Waals surface area contributed by atoms with Gasteiger partial charge in [0.25, 0.3) is 0 Å². The lowest BCUT2D eigenvalue weighted by Crippen LogP contribution is -2.40. The Labute approximate surface area is 111 Å². The predicted octanol–water partition coefficient (Wildman–Crippen LogP) is 3.43. The molecule has 92 valence electrons. The number of piperidine rings is 1. The number of nitrogens with two attached hydrogens (primary N) is 1. The van der Waals surface area contributed by atoms with Crippen LogP contribution >= 0.6 is 23.2 Å². The minimum atomic E-state index is 0.522. The summed E-state index contributed by atoms with van der Waals surface area (Å²) in [6, 6.07) is 5.19. The van der Waals surface area contributed by atoms with Crippen molar-refractivity contribution in [2.24, 2.45) is 10.7 Å². The lowest BCUT2D eigenvalue weighted by atomic mass is 10.1. The van der Waals surface area contributed by atoms with E-state index in [1.807, 2.05) is 0 Å². The van der Waals surface area contributed by atoms with E-state index in [1.165, 1.54) is 19.3 Å². The molecule has 0 amide bonds. The number of rotatable bonds is 1. The van der Waals surface area contributed by atoms with Gasteiger partial charge in [-0.1, -0.05) is 23.2 Å². The van der Waals surface area contributed by atoms with Gasteiger partial charge in [0, 0.05) is 18.1 Å². The standard InChI is InChI=1S/C12H15Cl2N3/c13-9-4-5-10(14)11(8-9)16-12(15)17-6-2-1-3-7-17/h4-5,8H,1-3,6-7H2,(H2,15,16). The maximum atomic E-state index is 6.04. The number of hydrogen-bond acceptors (Lipinski definition) is 1. The van der Waals surface area contributed by atoms with E-state index < -0.39 is 0 Å². The first kappa shape index (κ1) is 12.5. The quantitative estimate of drug-likeness (QED) is 0.628. The summed E-state index contributed by atoms with van der Waals surface area (Å²) in [5.41, 5.74) is 6.60. The molecule has 5 heteroatoms. The van der Waals surface area contributed by atoms with Crippen molar-refractivity contribution in [2.45, 2.75) is 19.3 Å². The molecule has 1 aliphatic heterocycles. The predicted molar refractivity (Wildman–Crippen MR) is 73.2 cm³/mol. The maximum absolute atomic E-state index is 6.04. The molecule has 1 aliphatic rings. The van der Waals surface area contributed by atoms with Gasteiger partial charge in [0.05, 0.1) is 10.7 Å². The zero-order valence-electron chi connectivity index (χ0n) is 9.50. The van der Waals surface area contributed by atoms with Crippen LogP contribution in [0.25, 0.3) is 0 Å². The number of nitrogens with zero attached hydrogens (tertiary/aromatic N) is 2. The second kappa shape index (κ2) is 5.61. The third-order valence-electron chi connectivity index (χ3n) is 2.82. The normalized spacial score (nSPS) is 17.3. The van der Waals surface area contributed by atoms with E-state index in [0.29, 0.717) is 21.7 Å². The molecule has 17 heavy (non-hydrogen) atoms. The summed E-state index contributed by atoms with van der Waals surface area (Å²) in [5.74, 6) is 0.522. The average Bonchev–Trinajstić information content (AvgIpc) is 2.35. The van der Waals surface area contributed by atoms with Crippen LogP contribution in [0.15, 0.2) is 23.2 Å². The van der Waals surface area contributed by atoms with Gasteiger partial charge in [-0.05, 0) is 37.5 Å². The minimum Gasteiger partial charge on any atom is -0.369 e. The Morgan fingerprint density at radius 1 is 1.18 bits per heavy atom. The van der Waals surface area contributed by atoms with E-state index >= 15 is 0 Å². The molecular formula is C12H15Cl2N3. The molecule has 0 aromatic heterocycles. The van der Waals surface area contributed by atoms with Crippen molar-refractivity contribution < 1.29 is 0 Å². The van der Waals surface area contributed by atoms with Gasteiger partial charge in [-0.3, -0.25) is 0 Å². The highest BCUT2D eigenvalue weighted by Gasteiger charge is 2.12. The Morgan fingerprint density at radius 3 is 2.59 bits per heavy atom. The highest BCUT2D eigenvalue weighted by molar-refractivity contribution is 6.35. The van der Waals surface area contributed by atoms with Crippen molar-refractivity contribution in [1.29, 1.82) is 0 Å². The zero-order chi connectivity index (χ0) is 12.3. The Kier molecular flexibility index (Phi) is 4.13. The molecule has 1 aromatic carbocycles. The van der Waals surface area contributed by atoms with Crippen LogP contribution in [0.4, 0.5) is 5.69 Å². The monoisotopic (exact) mass is 271 g/mol. The molecule has 0 aliphatic carbocycles. The molecule has 2 rings (SSSR count). The van der Waals surface area contributed by atoms with Crippen molar-refractivity contribution in [3.8, 4) is 0 Å². The molecule has 0 saturated carbocycles. The van der Waals surface area contributed by atoms with Gasteiger partial charge >= 0.3 is 0 Å². The Bertz CT molecular complexity index is 426. The lowest BCUT2D eigenvalue weighted by Gasteiger charge is -2.27. The van der Waals surface area contributed by atoms with Gasteiger partial charge in [-0.2, -0.15) is 0 Å². The van der Waals surface area contributed by atoms with Crippen LogP contribution in [0.5, 0.6) is 0 Å². The summed E-state index contributed by atoms with van der Waals surface area (Å²) in [6.45, 7) is 1.93. The molecule has 1 aromatic rings. The fraction of sp³-hybridized carbons (Fsp3) is 0.417. The smallest absolute Gasteiger partial charge is 0.196 e. The summed E-state index contributed by atoms with van der Waals surface area (Å²) in [4.78, 5) is 6.43. The average molecular weight is 272 g/mol. The molecular weight excluding hydrogens is 257 g/mol. The molecule has 2 N–H and O–H groups in total. The summed E-state index contributed by atoms with van der Waals surface area (Å²) >= 11 is 11.9. The van der Waals surface area contributed by atoms with E-state index in [2.05, 4.69) is 9.89 Å². The van der Waals surface area contributed by atoms with E-state index in [1.54, 1.807) is 18.2 Å². The molecule has 0 radical (unpaired) electrons. The molecule has 0 atom stereocenters. The van der Waals surface area contributed by atoms with Gasteiger partial charge in [0.1, 0.15) is 0 Å². The van der Waals surface area contributed by atoms with E-state index in [-0.39, 0.29) is 0 Å². The second-order valence-electron chi connectivity index (χ2n) is 4.11. The third-order valence-corrected chi connectivity index (χ3v) is 3.38. The van der Waals surface area contributed by atoms with Gasteiger partial charge in [0.15, 0.2) is 5.96 Å². The first-order valence-electron chi connectivity index (χ1n) is 5.71. The SMILES string of the molecule is NC(=Nc1cc(Cl)ccc1Cl)N1CCCCC1. The topological polar surface area (TPSA) is 41.6 Å². The first-order valence-corrected chi connectivity index (χ1v) is 6.46. The van der Waals surface area contributed by atoms with Crippen LogP contribution < -0.4 is 5.73 Å². The van der Waals surface area contributed by atoms with E-state index in [4.69, 9.17) is 28.9 Å². The molecule has 0 unspecified atom stereocenters. The highest BCUT2D eigenvalue weighted by Crippen LogP contribution is 2.28. The van der Waals surface area contributed by atoms with Crippen molar-refractivity contribution >= 4 is 34.8 Å². The highest BCUT2D eigenvalue weighted by atomic mass is 35.5. The fourth-order valence-electron chi connectivity index (χ4n) is 1.89. The maximum Gasteiger partial charge on any atom is 0.196 e. The van der Waals surface area contributed by atoms with Crippen LogP contribution in [-0.2, 0) is 0 Å². The van der Waals surface area contributed by atoms with Crippen LogP contribution in [0.1, 0.15) is 19.3 Å². The summed E-state index contributed by atoms with van der Waals surface area (Å²) in [5, 5.41) is 1.17.